The molecule has 1 saturated carbocycles. The Bertz CT molecular complexity index is 556. The van der Waals surface area contributed by atoms with Crippen molar-refractivity contribution in [1.29, 1.82) is 0 Å². The van der Waals surface area contributed by atoms with Gasteiger partial charge in [-0.3, -0.25) is 10.1 Å². The van der Waals surface area contributed by atoms with Gasteiger partial charge in [0.05, 0.1) is 5.69 Å². The zero-order valence-corrected chi connectivity index (χ0v) is 18.9. The zero-order valence-electron chi connectivity index (χ0n) is 17.2. The molecule has 0 aliphatic heterocycles. The lowest BCUT2D eigenvalue weighted by Crippen LogP contribution is -2.34. The van der Waals surface area contributed by atoms with Crippen LogP contribution < -0.4 is 9.58 Å². The van der Waals surface area contributed by atoms with Crippen molar-refractivity contribution >= 4 is 25.2 Å². The summed E-state index contributed by atoms with van der Waals surface area (Å²) in [6.07, 6.45) is 11.8. The predicted molar refractivity (Wildman–Crippen MR) is 121 cm³/mol. The first kappa shape index (κ1) is 22.8. The monoisotopic (exact) mass is 411 g/mol. The van der Waals surface area contributed by atoms with Crippen LogP contribution in [0.1, 0.15) is 78.1 Å². The van der Waals surface area contributed by atoms with Gasteiger partial charge in [-0.15, -0.1) is 0 Å². The van der Waals surface area contributed by atoms with E-state index in [1.165, 1.54) is 51.4 Å². The molecule has 0 saturated heterocycles. The maximum atomic E-state index is 13.9. The molecule has 0 amide bonds. The Morgan fingerprint density at radius 2 is 1.52 bits per heavy atom. The predicted octanol–water partition coefficient (Wildman–Crippen LogP) is 6.83. The van der Waals surface area contributed by atoms with Gasteiger partial charge < -0.3 is 0 Å². The molecule has 2 N–H and O–H groups in total. The molecule has 0 heterocycles. The van der Waals surface area contributed by atoms with E-state index in [-0.39, 0.29) is 0 Å². The van der Waals surface area contributed by atoms with E-state index in [1.54, 1.807) is 11.9 Å². The largest absolute Gasteiger partial charge is 0.315 e. The number of hydrogen-bond donors (Lipinski definition) is 1. The number of rotatable bonds is 15. The molecular weight excluding hydrogens is 373 g/mol. The molecule has 1 atom stereocenters. The van der Waals surface area contributed by atoms with Crippen molar-refractivity contribution in [2.24, 2.45) is 5.50 Å². The van der Waals surface area contributed by atoms with Gasteiger partial charge in [-0.1, -0.05) is 70.6 Å². The highest BCUT2D eigenvalue weighted by molar-refractivity contribution is 8.07. The summed E-state index contributed by atoms with van der Waals surface area (Å²) < 4.78 is 18.0. The van der Waals surface area contributed by atoms with Gasteiger partial charge in [-0.05, 0) is 49.8 Å². The smallest absolute Gasteiger partial charge is 0.263 e. The molecule has 1 aliphatic rings. The average molecular weight is 412 g/mol. The minimum Gasteiger partial charge on any atom is -0.263 e. The fourth-order valence-corrected chi connectivity index (χ4v) is 6.79. The Morgan fingerprint density at radius 1 is 0.963 bits per heavy atom. The first-order chi connectivity index (χ1) is 13.1. The topological polar surface area (TPSA) is 49.6 Å². The van der Waals surface area contributed by atoms with Crippen molar-refractivity contribution in [1.82, 2.24) is 4.67 Å². The third-order valence-electron chi connectivity index (χ3n) is 4.96. The fraction of sp³-hybridized carbons (Fsp3) is 0.714. The number of para-hydroxylation sites is 1. The van der Waals surface area contributed by atoms with Crippen molar-refractivity contribution in [3.05, 3.63) is 30.3 Å². The maximum absolute atomic E-state index is 13.9. The molecule has 1 aromatic rings. The van der Waals surface area contributed by atoms with Crippen LogP contribution >= 0.6 is 19.5 Å². The van der Waals surface area contributed by atoms with Crippen molar-refractivity contribution in [2.45, 2.75) is 83.3 Å². The van der Waals surface area contributed by atoms with Crippen LogP contribution in [0.3, 0.4) is 0 Å². The zero-order chi connectivity index (χ0) is 19.5. The van der Waals surface area contributed by atoms with Crippen LogP contribution in [-0.2, 0) is 4.57 Å². The Kier molecular flexibility index (Phi) is 10.3. The molecule has 27 heavy (non-hydrogen) atoms. The third-order valence-corrected chi connectivity index (χ3v) is 9.08. The van der Waals surface area contributed by atoms with Gasteiger partial charge in [0, 0.05) is 18.3 Å². The van der Waals surface area contributed by atoms with Crippen LogP contribution in [-0.4, -0.2) is 23.0 Å². The molecule has 1 aromatic carbocycles. The molecular formula is C21H38N3OPS. The Labute approximate surface area is 170 Å². The second-order valence-corrected chi connectivity index (χ2v) is 11.2. The summed E-state index contributed by atoms with van der Waals surface area (Å²) in [7, 11) is -3.12. The van der Waals surface area contributed by atoms with Crippen molar-refractivity contribution in [2.75, 3.05) is 17.2 Å². The molecule has 1 fully saturated rings. The summed E-state index contributed by atoms with van der Waals surface area (Å²) in [5, 5.41) is 0.559. The van der Waals surface area contributed by atoms with E-state index in [2.05, 4.69) is 18.5 Å². The van der Waals surface area contributed by atoms with Crippen LogP contribution in [0, 0.1) is 0 Å². The summed E-state index contributed by atoms with van der Waals surface area (Å²) in [6.45, 7) is 6.10. The van der Waals surface area contributed by atoms with E-state index in [0.29, 0.717) is 5.25 Å². The molecule has 0 spiro atoms. The molecule has 154 valence electrons. The van der Waals surface area contributed by atoms with E-state index in [4.69, 9.17) is 5.50 Å². The molecule has 1 unspecified atom stereocenters. The SMILES string of the molecule is CCCCCCN(CCCCCC)P(N)(=O)N(SC1CC1)c1ccccc1. The fourth-order valence-electron chi connectivity index (χ4n) is 3.12. The average Bonchev–Trinajstić information content (AvgIpc) is 3.49. The second kappa shape index (κ2) is 12.2. The first-order valence-corrected chi connectivity index (χ1v) is 13.3. The summed E-state index contributed by atoms with van der Waals surface area (Å²) in [6, 6.07) is 10.1. The lowest BCUT2D eigenvalue weighted by molar-refractivity contribution is 0.384. The summed E-state index contributed by atoms with van der Waals surface area (Å²) in [4.78, 5) is 0. The molecule has 0 bridgehead atoms. The van der Waals surface area contributed by atoms with Crippen molar-refractivity contribution in [3.63, 3.8) is 0 Å². The van der Waals surface area contributed by atoms with Gasteiger partial charge in [-0.2, -0.15) is 0 Å². The van der Waals surface area contributed by atoms with E-state index in [0.717, 1.165) is 31.6 Å². The number of nitrogens with zero attached hydrogens (tertiary/aromatic N) is 2. The molecule has 4 nitrogen and oxygen atoms in total. The quantitative estimate of drug-likeness (QED) is 0.195. The minimum atomic E-state index is -3.12. The lowest BCUT2D eigenvalue weighted by Gasteiger charge is -2.37. The number of benzene rings is 1. The minimum absolute atomic E-state index is 0.559. The van der Waals surface area contributed by atoms with Crippen LogP contribution in [0.25, 0.3) is 0 Å². The van der Waals surface area contributed by atoms with Gasteiger partial charge in [0.15, 0.2) is 0 Å². The Hall–Kier alpha value is -0.480. The number of anilines is 1. The number of unbranched alkanes of at least 4 members (excludes halogenated alkanes) is 6. The standard InChI is InChI=1S/C21H38N3OPS/c1-3-5-7-12-18-23(19-13-8-6-4-2)26(22,25)24(27-21-16-17-21)20-14-10-9-11-15-20/h9-11,14-15,21H,3-8,12-13,16-19H2,1-2H3,(H2,22,25). The van der Waals surface area contributed by atoms with E-state index in [9.17, 15) is 4.57 Å². The van der Waals surface area contributed by atoms with Gasteiger partial charge in [0.2, 0.25) is 0 Å². The highest BCUT2D eigenvalue weighted by atomic mass is 32.2. The highest BCUT2D eigenvalue weighted by Gasteiger charge is 2.38. The maximum Gasteiger partial charge on any atom is 0.315 e. The van der Waals surface area contributed by atoms with Crippen LogP contribution in [0.15, 0.2) is 30.3 Å². The Morgan fingerprint density at radius 3 is 2.00 bits per heavy atom. The van der Waals surface area contributed by atoms with Crippen LogP contribution in [0.4, 0.5) is 5.69 Å². The summed E-state index contributed by atoms with van der Waals surface area (Å²) in [5.74, 6) is 0. The van der Waals surface area contributed by atoms with Crippen molar-refractivity contribution < 1.29 is 4.57 Å². The van der Waals surface area contributed by atoms with Gasteiger partial charge in [0.25, 0.3) is 0 Å². The third kappa shape index (κ3) is 7.81. The van der Waals surface area contributed by atoms with Gasteiger partial charge in [0.1, 0.15) is 0 Å². The van der Waals surface area contributed by atoms with Crippen LogP contribution in [0.5, 0.6) is 0 Å². The normalized spacial score (nSPS) is 16.4. The molecule has 2 rings (SSSR count). The molecule has 1 aliphatic carbocycles. The van der Waals surface area contributed by atoms with E-state index >= 15 is 0 Å². The first-order valence-electron chi connectivity index (χ1n) is 10.8. The molecule has 6 heteroatoms. The van der Waals surface area contributed by atoms with Crippen LogP contribution in [0.2, 0.25) is 0 Å². The number of hydrogen-bond acceptors (Lipinski definition) is 2. The van der Waals surface area contributed by atoms with E-state index in [1.807, 2.05) is 34.4 Å². The molecule has 0 radical (unpaired) electrons. The van der Waals surface area contributed by atoms with Gasteiger partial charge >= 0.3 is 7.59 Å². The summed E-state index contributed by atoms with van der Waals surface area (Å²) in [5.41, 5.74) is 7.59. The highest BCUT2D eigenvalue weighted by Crippen LogP contribution is 2.56. The second-order valence-electron chi connectivity index (χ2n) is 7.58. The van der Waals surface area contributed by atoms with Gasteiger partial charge in [-0.25, -0.2) is 8.75 Å². The summed E-state index contributed by atoms with van der Waals surface area (Å²) >= 11 is 1.69. The number of nitrogens with two attached hydrogens (primary N) is 1. The molecule has 0 aromatic heterocycles. The Balaban J connectivity index is 2.11. The van der Waals surface area contributed by atoms with Crippen molar-refractivity contribution in [3.8, 4) is 0 Å². The van der Waals surface area contributed by atoms with E-state index < -0.39 is 7.59 Å². The lowest BCUT2D eigenvalue weighted by atomic mass is 10.2.